The Labute approximate surface area is 205 Å². The molecule has 0 bridgehead atoms. The topological polar surface area (TPSA) is 28.2 Å². The molecule has 0 atom stereocenters. The third kappa shape index (κ3) is 3.49. The molecule has 3 heterocycles. The summed E-state index contributed by atoms with van der Waals surface area (Å²) in [5.41, 5.74) is 6.34. The number of benzene rings is 2. The normalized spacial score (nSPS) is 17.0. The van der Waals surface area contributed by atoms with Crippen molar-refractivity contribution in [1.82, 2.24) is 4.48 Å². The van der Waals surface area contributed by atoms with Crippen LogP contribution in [0.2, 0.25) is 0 Å². The van der Waals surface area contributed by atoms with Gasteiger partial charge in [0.05, 0.1) is 5.57 Å². The van der Waals surface area contributed by atoms with Crippen LogP contribution < -0.4 is 0 Å². The van der Waals surface area contributed by atoms with Crippen molar-refractivity contribution in [3.8, 4) is 5.75 Å². The lowest BCUT2D eigenvalue weighted by molar-refractivity contribution is -0.362. The van der Waals surface area contributed by atoms with E-state index in [9.17, 15) is 5.11 Å². The second-order valence-electron chi connectivity index (χ2n) is 8.55. The maximum Gasteiger partial charge on any atom is 0.737 e. The van der Waals surface area contributed by atoms with Gasteiger partial charge in [-0.25, -0.2) is 0 Å². The van der Waals surface area contributed by atoms with Gasteiger partial charge in [-0.15, -0.1) is 0 Å². The Balaban J connectivity index is 1.79. The summed E-state index contributed by atoms with van der Waals surface area (Å²) >= 11 is 2.25. The summed E-state index contributed by atoms with van der Waals surface area (Å²) in [4.78, 5) is 0. The van der Waals surface area contributed by atoms with E-state index in [0.29, 0.717) is 22.8 Å². The first-order valence-electron chi connectivity index (χ1n) is 10.7. The lowest BCUT2D eigenvalue weighted by Gasteiger charge is -2.34. The largest absolute Gasteiger partial charge is 0.737 e. The van der Waals surface area contributed by atoms with E-state index in [4.69, 9.17) is 0 Å². The number of aromatic hydroxyl groups is 1. The van der Waals surface area contributed by atoms with E-state index in [0.717, 1.165) is 31.4 Å². The maximum atomic E-state index is 16.2. The van der Waals surface area contributed by atoms with Gasteiger partial charge in [-0.1, -0.05) is 24.3 Å². The van der Waals surface area contributed by atoms with Gasteiger partial charge in [0.25, 0.3) is 0 Å². The first kappa shape index (κ1) is 21.9. The van der Waals surface area contributed by atoms with E-state index in [2.05, 4.69) is 22.6 Å². The standard InChI is InChI=1S/C26H22BF2IN2O/c1-16-14-18(3)31-25(16)24(20-7-9-21(30)10-8-20)26-17(2)15-22(32(26)27(31,28)29)11-4-19-5-12-23(33)13-6-19/h4-15,33H,1-3H3/b11-4+. The van der Waals surface area contributed by atoms with Crippen LogP contribution >= 0.6 is 22.6 Å². The monoisotopic (exact) mass is 554 g/mol. The highest BCUT2D eigenvalue weighted by molar-refractivity contribution is 14.1. The van der Waals surface area contributed by atoms with Crippen molar-refractivity contribution in [3.63, 3.8) is 0 Å². The summed E-state index contributed by atoms with van der Waals surface area (Å²) in [5, 5.41) is 9.52. The second-order valence-corrected chi connectivity index (χ2v) is 9.80. The minimum Gasteiger partial charge on any atom is -0.508 e. The van der Waals surface area contributed by atoms with Crippen molar-refractivity contribution in [2.75, 3.05) is 0 Å². The molecule has 0 saturated carbocycles. The minimum atomic E-state index is -4.09. The number of phenolic OH excluding ortho intramolecular Hbond substituents is 1. The molecule has 0 fully saturated rings. The fourth-order valence-electron chi connectivity index (χ4n) is 4.88. The lowest BCUT2D eigenvalue weighted by atomic mass is 9.84. The molecular weight excluding hydrogens is 532 g/mol. The van der Waals surface area contributed by atoms with Gasteiger partial charge in [0.15, 0.2) is 11.4 Å². The molecule has 33 heavy (non-hydrogen) atoms. The van der Waals surface area contributed by atoms with Crippen molar-refractivity contribution in [3.05, 3.63) is 110 Å². The van der Waals surface area contributed by atoms with E-state index in [1.807, 2.05) is 50.3 Å². The Morgan fingerprint density at radius 3 is 2.30 bits per heavy atom. The molecule has 7 heteroatoms. The summed E-state index contributed by atoms with van der Waals surface area (Å²) in [6.07, 6.45) is 5.34. The molecule has 3 nitrogen and oxygen atoms in total. The van der Waals surface area contributed by atoms with Gasteiger partial charge < -0.3 is 22.7 Å². The number of aromatic nitrogens is 1. The number of rotatable bonds is 3. The summed E-state index contributed by atoms with van der Waals surface area (Å²) in [6, 6.07) is 16.5. The van der Waals surface area contributed by atoms with Gasteiger partial charge in [0.1, 0.15) is 5.75 Å². The third-order valence-corrected chi connectivity index (χ3v) is 6.96. The van der Waals surface area contributed by atoms with Gasteiger partial charge in [0, 0.05) is 27.0 Å². The van der Waals surface area contributed by atoms with Crippen LogP contribution in [0.25, 0.3) is 11.6 Å². The van der Waals surface area contributed by atoms with Crippen molar-refractivity contribution >= 4 is 46.9 Å². The number of nitrogens with zero attached hydrogens (tertiary/aromatic N) is 2. The molecule has 0 spiro atoms. The van der Waals surface area contributed by atoms with Gasteiger partial charge >= 0.3 is 6.97 Å². The first-order chi connectivity index (χ1) is 15.7. The highest BCUT2D eigenvalue weighted by Gasteiger charge is 2.55. The van der Waals surface area contributed by atoms with Crippen LogP contribution in [-0.4, -0.2) is 26.8 Å². The number of phenols is 1. The molecule has 166 valence electrons. The molecule has 0 aliphatic carbocycles. The Bertz CT molecular complexity index is 1410. The molecule has 1 N–H and O–H groups in total. The molecule has 2 aliphatic heterocycles. The molecule has 5 rings (SSSR count). The van der Waals surface area contributed by atoms with Crippen LogP contribution in [0, 0.1) is 17.4 Å². The summed E-state index contributed by atoms with van der Waals surface area (Å²) < 4.78 is 35.9. The zero-order valence-electron chi connectivity index (χ0n) is 18.5. The smallest absolute Gasteiger partial charge is 0.508 e. The lowest BCUT2D eigenvalue weighted by Crippen LogP contribution is -2.51. The van der Waals surface area contributed by atoms with Gasteiger partial charge in [-0.2, -0.15) is 0 Å². The zero-order chi connectivity index (χ0) is 23.5. The molecule has 0 amide bonds. The van der Waals surface area contributed by atoms with Crippen molar-refractivity contribution in [2.45, 2.75) is 20.8 Å². The van der Waals surface area contributed by atoms with Crippen LogP contribution in [-0.2, 0) is 0 Å². The molecule has 1 aromatic heterocycles. The van der Waals surface area contributed by atoms with Crippen LogP contribution in [0.3, 0.4) is 0 Å². The molecule has 3 aromatic rings. The Hall–Kier alpha value is -2.94. The quantitative estimate of drug-likeness (QED) is 0.289. The summed E-state index contributed by atoms with van der Waals surface area (Å²) in [7, 11) is 0. The van der Waals surface area contributed by atoms with Crippen LogP contribution in [0.4, 0.5) is 8.63 Å². The average Bonchev–Trinajstić information content (AvgIpc) is 3.26. The summed E-state index contributed by atoms with van der Waals surface area (Å²) in [6.45, 7) is 1.45. The number of aryl methyl sites for hydroxylation is 2. The number of fused-ring (bicyclic) bond motifs is 2. The first-order valence-corrected chi connectivity index (χ1v) is 11.8. The number of halogens is 3. The van der Waals surface area contributed by atoms with E-state index < -0.39 is 6.97 Å². The fourth-order valence-corrected chi connectivity index (χ4v) is 5.24. The Morgan fingerprint density at radius 2 is 1.64 bits per heavy atom. The SMILES string of the molecule is CC1=CC(/C=C/c2ccc(O)cc2)=[N+]2C1=C(c1ccc(I)cc1)c1c(C)cc(C)n1[B-]2(F)F. The predicted molar refractivity (Wildman–Crippen MR) is 139 cm³/mol. The van der Waals surface area contributed by atoms with Crippen LogP contribution in [0.5, 0.6) is 5.75 Å². The Morgan fingerprint density at radius 1 is 0.970 bits per heavy atom. The van der Waals surface area contributed by atoms with Gasteiger partial charge in [-0.3, -0.25) is 0 Å². The average molecular weight is 554 g/mol. The van der Waals surface area contributed by atoms with Crippen molar-refractivity contribution < 1.29 is 18.2 Å². The molecule has 0 unspecified atom stereocenters. The zero-order valence-corrected chi connectivity index (χ0v) is 20.6. The van der Waals surface area contributed by atoms with Gasteiger partial charge in [0.2, 0.25) is 0 Å². The van der Waals surface area contributed by atoms with Gasteiger partial charge in [-0.05, 0) is 102 Å². The predicted octanol–water partition coefficient (Wildman–Crippen LogP) is 6.54. The molecule has 2 aliphatic rings. The van der Waals surface area contributed by atoms with Crippen molar-refractivity contribution in [2.24, 2.45) is 0 Å². The van der Waals surface area contributed by atoms with Crippen LogP contribution in [0.15, 0.2) is 78.0 Å². The van der Waals surface area contributed by atoms with E-state index in [1.165, 1.54) is 8.96 Å². The van der Waals surface area contributed by atoms with E-state index in [-0.39, 0.29) is 5.75 Å². The molecular formula is C26H22BF2IN2O. The number of allylic oxidation sites excluding steroid dienone is 3. The van der Waals surface area contributed by atoms with Crippen LogP contribution in [0.1, 0.15) is 35.0 Å². The highest BCUT2D eigenvalue weighted by Crippen LogP contribution is 2.44. The fraction of sp³-hybridized carbons (Fsp3) is 0.115. The van der Waals surface area contributed by atoms with E-state index >= 15 is 8.63 Å². The number of hydrogen-bond acceptors (Lipinski definition) is 1. The minimum absolute atomic E-state index is 0.167. The highest BCUT2D eigenvalue weighted by atomic mass is 127. The third-order valence-electron chi connectivity index (χ3n) is 6.24. The molecule has 2 aromatic carbocycles. The maximum absolute atomic E-state index is 16.2. The second kappa shape index (κ2) is 7.83. The molecule has 0 radical (unpaired) electrons. The summed E-state index contributed by atoms with van der Waals surface area (Å²) in [5.74, 6) is 0.167. The number of hydrogen-bond donors (Lipinski definition) is 1. The Kier molecular flexibility index (Phi) is 5.19. The van der Waals surface area contributed by atoms with E-state index in [1.54, 1.807) is 43.3 Å². The van der Waals surface area contributed by atoms with Crippen molar-refractivity contribution in [1.29, 1.82) is 0 Å². The molecule has 0 saturated heterocycles.